The fourth-order valence-corrected chi connectivity index (χ4v) is 2.47. The van der Waals surface area contributed by atoms with Gasteiger partial charge in [-0.1, -0.05) is 6.07 Å². The third-order valence-electron chi connectivity index (χ3n) is 3.48. The molecule has 19 heavy (non-hydrogen) atoms. The Balaban J connectivity index is 2.36. The Morgan fingerprint density at radius 1 is 1.32 bits per heavy atom. The van der Waals surface area contributed by atoms with Crippen molar-refractivity contribution in [1.29, 1.82) is 0 Å². The molecule has 1 heterocycles. The van der Waals surface area contributed by atoms with Gasteiger partial charge in [0, 0.05) is 11.3 Å². The van der Waals surface area contributed by atoms with Crippen molar-refractivity contribution in [3.05, 3.63) is 52.1 Å². The van der Waals surface area contributed by atoms with Crippen molar-refractivity contribution in [1.82, 2.24) is 9.78 Å². The van der Waals surface area contributed by atoms with Gasteiger partial charge in [0.1, 0.15) is 5.82 Å². The van der Waals surface area contributed by atoms with Gasteiger partial charge in [-0.05, 0) is 51.0 Å². The highest BCUT2D eigenvalue weighted by molar-refractivity contribution is 5.30. The SMILES string of the molecule is Cc1cc(F)ccc1Cn1nc(C)c(C(C)O)c1C. The average molecular weight is 262 g/mol. The summed E-state index contributed by atoms with van der Waals surface area (Å²) in [4.78, 5) is 0. The highest BCUT2D eigenvalue weighted by Crippen LogP contribution is 2.22. The number of halogens is 1. The molecule has 0 saturated heterocycles. The zero-order valence-electron chi connectivity index (χ0n) is 11.7. The first-order valence-corrected chi connectivity index (χ1v) is 6.37. The second kappa shape index (κ2) is 5.13. The smallest absolute Gasteiger partial charge is 0.123 e. The van der Waals surface area contributed by atoms with Gasteiger partial charge in [0.2, 0.25) is 0 Å². The molecule has 0 bridgehead atoms. The largest absolute Gasteiger partial charge is 0.389 e. The van der Waals surface area contributed by atoms with Gasteiger partial charge in [-0.25, -0.2) is 4.39 Å². The molecule has 1 aromatic carbocycles. The second-order valence-electron chi connectivity index (χ2n) is 4.99. The number of rotatable bonds is 3. The van der Waals surface area contributed by atoms with Crippen LogP contribution in [0, 0.1) is 26.6 Å². The van der Waals surface area contributed by atoms with Gasteiger partial charge < -0.3 is 5.11 Å². The molecular weight excluding hydrogens is 243 g/mol. The van der Waals surface area contributed by atoms with E-state index in [0.717, 1.165) is 28.1 Å². The number of aromatic nitrogens is 2. The molecule has 1 aromatic heterocycles. The molecule has 3 nitrogen and oxygen atoms in total. The van der Waals surface area contributed by atoms with E-state index in [1.807, 2.05) is 25.5 Å². The predicted molar refractivity (Wildman–Crippen MR) is 72.6 cm³/mol. The van der Waals surface area contributed by atoms with Crippen LogP contribution in [0.15, 0.2) is 18.2 Å². The fourth-order valence-electron chi connectivity index (χ4n) is 2.47. The Morgan fingerprint density at radius 3 is 2.53 bits per heavy atom. The van der Waals surface area contributed by atoms with E-state index in [-0.39, 0.29) is 5.82 Å². The van der Waals surface area contributed by atoms with Crippen LogP contribution in [0.1, 0.15) is 41.1 Å². The fraction of sp³-hybridized carbons (Fsp3) is 0.400. The van der Waals surface area contributed by atoms with Crippen molar-refractivity contribution in [2.75, 3.05) is 0 Å². The Bertz CT molecular complexity index is 602. The van der Waals surface area contributed by atoms with Gasteiger partial charge in [-0.15, -0.1) is 0 Å². The molecule has 0 aliphatic heterocycles. The number of aliphatic hydroxyl groups is 1. The van der Waals surface area contributed by atoms with E-state index in [0.29, 0.717) is 6.54 Å². The summed E-state index contributed by atoms with van der Waals surface area (Å²) in [5.74, 6) is -0.223. The quantitative estimate of drug-likeness (QED) is 0.923. The van der Waals surface area contributed by atoms with Crippen LogP contribution in [0.4, 0.5) is 4.39 Å². The predicted octanol–water partition coefficient (Wildman–Crippen LogP) is 3.05. The van der Waals surface area contributed by atoms with Crippen LogP contribution in [0.5, 0.6) is 0 Å². The molecule has 2 rings (SSSR count). The summed E-state index contributed by atoms with van der Waals surface area (Å²) in [5.41, 5.74) is 4.61. The molecule has 102 valence electrons. The van der Waals surface area contributed by atoms with Crippen molar-refractivity contribution >= 4 is 0 Å². The second-order valence-corrected chi connectivity index (χ2v) is 4.99. The Hall–Kier alpha value is -1.68. The molecule has 0 aliphatic carbocycles. The molecule has 0 aliphatic rings. The van der Waals surface area contributed by atoms with Gasteiger partial charge in [-0.2, -0.15) is 5.10 Å². The van der Waals surface area contributed by atoms with E-state index in [1.54, 1.807) is 13.0 Å². The third-order valence-corrected chi connectivity index (χ3v) is 3.48. The lowest BCUT2D eigenvalue weighted by Crippen LogP contribution is -2.06. The Morgan fingerprint density at radius 2 is 2.00 bits per heavy atom. The first-order chi connectivity index (χ1) is 8.90. The summed E-state index contributed by atoms with van der Waals surface area (Å²) >= 11 is 0. The topological polar surface area (TPSA) is 38.0 Å². The normalized spacial score (nSPS) is 12.7. The molecule has 0 fully saturated rings. The molecule has 0 saturated carbocycles. The first-order valence-electron chi connectivity index (χ1n) is 6.37. The first kappa shape index (κ1) is 13.7. The highest BCUT2D eigenvalue weighted by atomic mass is 19.1. The van der Waals surface area contributed by atoms with Gasteiger partial charge in [0.05, 0.1) is 18.3 Å². The van der Waals surface area contributed by atoms with Crippen LogP contribution in [-0.2, 0) is 6.54 Å². The van der Waals surface area contributed by atoms with Crippen LogP contribution < -0.4 is 0 Å². The number of hydrogen-bond acceptors (Lipinski definition) is 2. The zero-order chi connectivity index (χ0) is 14.2. The van der Waals surface area contributed by atoms with E-state index in [2.05, 4.69) is 5.10 Å². The van der Waals surface area contributed by atoms with Crippen LogP contribution in [-0.4, -0.2) is 14.9 Å². The standard InChI is InChI=1S/C15H19FN2O/c1-9-7-14(16)6-5-13(9)8-18-11(3)15(12(4)19)10(2)17-18/h5-7,12,19H,8H2,1-4H3. The summed E-state index contributed by atoms with van der Waals surface area (Å²) in [5, 5.41) is 14.2. The minimum atomic E-state index is -0.525. The number of benzene rings is 1. The molecule has 2 aromatic rings. The Labute approximate surface area is 112 Å². The van der Waals surface area contributed by atoms with Gasteiger partial charge >= 0.3 is 0 Å². The van der Waals surface area contributed by atoms with Crippen molar-refractivity contribution < 1.29 is 9.50 Å². The lowest BCUT2D eigenvalue weighted by molar-refractivity contribution is 0.197. The molecule has 0 spiro atoms. The van der Waals surface area contributed by atoms with E-state index in [9.17, 15) is 9.50 Å². The maximum atomic E-state index is 13.1. The van der Waals surface area contributed by atoms with Crippen LogP contribution in [0.25, 0.3) is 0 Å². The van der Waals surface area contributed by atoms with E-state index in [4.69, 9.17) is 0 Å². The monoisotopic (exact) mass is 262 g/mol. The number of nitrogens with zero attached hydrogens (tertiary/aromatic N) is 2. The van der Waals surface area contributed by atoms with E-state index >= 15 is 0 Å². The Kier molecular flexibility index (Phi) is 3.71. The maximum absolute atomic E-state index is 13.1. The van der Waals surface area contributed by atoms with Crippen molar-refractivity contribution in [2.45, 2.75) is 40.3 Å². The molecule has 0 amide bonds. The summed E-state index contributed by atoms with van der Waals surface area (Å²) in [7, 11) is 0. The number of aryl methyl sites for hydroxylation is 2. The minimum Gasteiger partial charge on any atom is -0.389 e. The number of aliphatic hydroxyl groups excluding tert-OH is 1. The van der Waals surface area contributed by atoms with Crippen LogP contribution >= 0.6 is 0 Å². The van der Waals surface area contributed by atoms with Gasteiger partial charge in [0.15, 0.2) is 0 Å². The molecule has 1 atom stereocenters. The van der Waals surface area contributed by atoms with Crippen LogP contribution in [0.2, 0.25) is 0 Å². The molecule has 4 heteroatoms. The van der Waals surface area contributed by atoms with Crippen molar-refractivity contribution in [3.63, 3.8) is 0 Å². The third kappa shape index (κ3) is 2.68. The van der Waals surface area contributed by atoms with E-state index in [1.165, 1.54) is 12.1 Å². The van der Waals surface area contributed by atoms with Crippen LogP contribution in [0.3, 0.4) is 0 Å². The highest BCUT2D eigenvalue weighted by Gasteiger charge is 2.16. The maximum Gasteiger partial charge on any atom is 0.123 e. The summed E-state index contributed by atoms with van der Waals surface area (Å²) in [6, 6.07) is 4.77. The summed E-state index contributed by atoms with van der Waals surface area (Å²) in [6.07, 6.45) is -0.525. The lowest BCUT2D eigenvalue weighted by atomic mass is 10.1. The molecule has 1 N–H and O–H groups in total. The molecule has 0 radical (unpaired) electrons. The minimum absolute atomic E-state index is 0.223. The molecule has 1 unspecified atom stereocenters. The summed E-state index contributed by atoms with van der Waals surface area (Å²) in [6.45, 7) is 8.06. The average Bonchev–Trinajstić information content (AvgIpc) is 2.58. The van der Waals surface area contributed by atoms with Gasteiger partial charge in [-0.3, -0.25) is 4.68 Å². The zero-order valence-corrected chi connectivity index (χ0v) is 11.7. The van der Waals surface area contributed by atoms with Crippen molar-refractivity contribution in [3.8, 4) is 0 Å². The number of hydrogen-bond donors (Lipinski definition) is 1. The van der Waals surface area contributed by atoms with Gasteiger partial charge in [0.25, 0.3) is 0 Å². The van der Waals surface area contributed by atoms with Crippen molar-refractivity contribution in [2.24, 2.45) is 0 Å². The summed E-state index contributed by atoms with van der Waals surface area (Å²) < 4.78 is 14.9. The molecular formula is C15H19FN2O. The lowest BCUT2D eigenvalue weighted by Gasteiger charge is -2.09. The van der Waals surface area contributed by atoms with E-state index < -0.39 is 6.10 Å².